The van der Waals surface area contributed by atoms with Gasteiger partial charge in [0.05, 0.1) is 5.02 Å². The zero-order chi connectivity index (χ0) is 26.1. The van der Waals surface area contributed by atoms with E-state index >= 15 is 0 Å². The van der Waals surface area contributed by atoms with Gasteiger partial charge in [0, 0.05) is 29.7 Å². The second kappa shape index (κ2) is 17.3. The summed E-state index contributed by atoms with van der Waals surface area (Å²) in [5.41, 5.74) is 1.81. The number of halogens is 3. The van der Waals surface area contributed by atoms with E-state index in [-0.39, 0.29) is 16.9 Å². The van der Waals surface area contributed by atoms with Gasteiger partial charge in [-0.15, -0.1) is 0 Å². The molecule has 0 aliphatic carbocycles. The predicted molar refractivity (Wildman–Crippen MR) is 143 cm³/mol. The first kappa shape index (κ1) is 31.9. The molecule has 3 N–H and O–H groups in total. The lowest BCUT2D eigenvalue weighted by molar-refractivity contribution is -0.109. The monoisotopic (exact) mass is 513 g/mol. The Morgan fingerprint density at radius 3 is 2.38 bits per heavy atom. The Hall–Kier alpha value is -2.15. The molecule has 5 nitrogen and oxygen atoms in total. The third-order valence-corrected chi connectivity index (χ3v) is 4.93. The molecule has 0 saturated carbocycles. The highest BCUT2D eigenvalue weighted by Gasteiger charge is 2.30. The first-order valence-corrected chi connectivity index (χ1v) is 12.0. The van der Waals surface area contributed by atoms with Crippen LogP contribution in [0.2, 0.25) is 5.02 Å². The first-order chi connectivity index (χ1) is 16.0. The fourth-order valence-electron chi connectivity index (χ4n) is 2.97. The fraction of sp³-hybridized carbons (Fsp3) is 0.462. The van der Waals surface area contributed by atoms with E-state index in [1.807, 2.05) is 19.1 Å². The number of amides is 2. The highest BCUT2D eigenvalue weighted by molar-refractivity contribution is 6.31. The van der Waals surface area contributed by atoms with Crippen LogP contribution in [-0.2, 0) is 9.59 Å². The fourth-order valence-corrected chi connectivity index (χ4v) is 3.20. The topological polar surface area (TPSA) is 70.2 Å². The van der Waals surface area contributed by atoms with Crippen LogP contribution < -0.4 is 16.0 Å². The van der Waals surface area contributed by atoms with Crippen molar-refractivity contribution in [2.24, 2.45) is 11.3 Å². The third kappa shape index (κ3) is 14.2. The molecule has 0 aromatic heterocycles. The maximum Gasteiger partial charge on any atom is 0.211 e. The summed E-state index contributed by atoms with van der Waals surface area (Å²) in [6, 6.07) is 2.87. The number of rotatable bonds is 9. The zero-order valence-corrected chi connectivity index (χ0v) is 22.3. The van der Waals surface area contributed by atoms with Crippen molar-refractivity contribution in [2.75, 3.05) is 25.0 Å². The van der Waals surface area contributed by atoms with E-state index in [1.54, 1.807) is 12.2 Å². The third-order valence-electron chi connectivity index (χ3n) is 4.36. The highest BCUT2D eigenvalue weighted by Crippen LogP contribution is 2.37. The Morgan fingerprint density at radius 1 is 1.24 bits per heavy atom. The lowest BCUT2D eigenvalue weighted by Gasteiger charge is -2.21. The number of hydrogen-bond donors (Lipinski definition) is 3. The van der Waals surface area contributed by atoms with Gasteiger partial charge in [0.15, 0.2) is 0 Å². The quantitative estimate of drug-likeness (QED) is 0.264. The highest BCUT2D eigenvalue weighted by atomic mass is 35.5. The van der Waals surface area contributed by atoms with E-state index in [4.69, 9.17) is 23.2 Å². The first-order valence-electron chi connectivity index (χ1n) is 11.2. The lowest BCUT2D eigenvalue weighted by Crippen LogP contribution is -2.13. The Balaban J connectivity index is 0.000000916. The van der Waals surface area contributed by atoms with Crippen molar-refractivity contribution in [1.82, 2.24) is 10.6 Å². The molecule has 1 aromatic rings. The Kier molecular flexibility index (Phi) is 16.2. The number of anilines is 1. The lowest BCUT2D eigenvalue weighted by atomic mass is 9.85. The summed E-state index contributed by atoms with van der Waals surface area (Å²) >= 11 is 11.7. The van der Waals surface area contributed by atoms with E-state index in [9.17, 15) is 14.0 Å². The van der Waals surface area contributed by atoms with Gasteiger partial charge in [-0.3, -0.25) is 9.59 Å². The maximum absolute atomic E-state index is 13.9. The van der Waals surface area contributed by atoms with Gasteiger partial charge in [-0.25, -0.2) is 4.39 Å². The Labute approximate surface area is 213 Å². The molecule has 1 aliphatic rings. The summed E-state index contributed by atoms with van der Waals surface area (Å²) in [5.74, 6) is -0.113. The van der Waals surface area contributed by atoms with Crippen molar-refractivity contribution in [1.29, 1.82) is 0 Å². The molecule has 2 atom stereocenters. The molecule has 190 valence electrons. The van der Waals surface area contributed by atoms with E-state index in [1.165, 1.54) is 12.1 Å². The Morgan fingerprint density at radius 2 is 1.88 bits per heavy atom. The van der Waals surface area contributed by atoms with Crippen LogP contribution in [0.5, 0.6) is 0 Å². The van der Waals surface area contributed by atoms with Gasteiger partial charge in [-0.2, -0.15) is 0 Å². The molecule has 1 fully saturated rings. The molecule has 0 bridgehead atoms. The number of carbonyl (C=O) groups excluding carboxylic acids is 2. The zero-order valence-electron chi connectivity index (χ0n) is 20.8. The second-order valence-corrected chi connectivity index (χ2v) is 10.1. The molecule has 2 amide bonds. The molecule has 34 heavy (non-hydrogen) atoms. The van der Waals surface area contributed by atoms with Crippen molar-refractivity contribution in [3.8, 4) is 0 Å². The Bertz CT molecular complexity index is 830. The minimum Gasteiger partial charge on any atom is -0.359 e. The van der Waals surface area contributed by atoms with Crippen molar-refractivity contribution in [3.63, 3.8) is 0 Å². The van der Waals surface area contributed by atoms with Gasteiger partial charge in [0.1, 0.15) is 5.82 Å². The van der Waals surface area contributed by atoms with Crippen LogP contribution in [0.25, 0.3) is 0 Å². The normalized spacial score (nSPS) is 17.7. The second-order valence-electron chi connectivity index (χ2n) is 9.24. The van der Waals surface area contributed by atoms with Crippen molar-refractivity contribution >= 4 is 41.7 Å². The smallest absolute Gasteiger partial charge is 0.211 e. The van der Waals surface area contributed by atoms with Crippen LogP contribution in [0.3, 0.4) is 0 Å². The van der Waals surface area contributed by atoms with Crippen LogP contribution in [0, 0.1) is 17.2 Å². The number of carbonyl (C=O) groups is 2. The van der Waals surface area contributed by atoms with Crippen LogP contribution in [-0.4, -0.2) is 32.5 Å². The van der Waals surface area contributed by atoms with Gasteiger partial charge in [0.2, 0.25) is 12.8 Å². The van der Waals surface area contributed by atoms with Gasteiger partial charge in [0.25, 0.3) is 0 Å². The number of hydrogen-bond acceptors (Lipinski definition) is 3. The summed E-state index contributed by atoms with van der Waals surface area (Å²) in [7, 11) is 0. The van der Waals surface area contributed by atoms with E-state index in [0.29, 0.717) is 29.0 Å². The largest absolute Gasteiger partial charge is 0.359 e. The van der Waals surface area contributed by atoms with Crippen molar-refractivity contribution in [3.05, 3.63) is 64.5 Å². The standard InChI is InChI=1S/C18H19Cl2FN2O.C5H12.C3H7NO/c1-2-13(19)6-4-3-5-12-9-22-10-15(12)14-7-17(21)16(20)8-18(14)23-11-24;1-5(2,3)4;1-2-4-3-5/h2-4,6-8,11-12,15,22H,1,5,9-10H2,(H,23,24);1-4H3;3H,2H2,1H3,(H,4,5)/b4-3-,13-6+;;/t12-,15+;;/m0../s1. The van der Waals surface area contributed by atoms with E-state index in [0.717, 1.165) is 31.6 Å². The molecule has 1 saturated heterocycles. The molecule has 0 spiro atoms. The van der Waals surface area contributed by atoms with Crippen LogP contribution in [0.4, 0.5) is 10.1 Å². The molecule has 2 rings (SSSR count). The van der Waals surface area contributed by atoms with Crippen LogP contribution in [0.15, 0.2) is 48.0 Å². The average molecular weight is 515 g/mol. The molecule has 8 heteroatoms. The summed E-state index contributed by atoms with van der Waals surface area (Å²) < 4.78 is 13.9. The SMILES string of the molecule is C=C/C(Cl)=C\C=C/C[C@H]1CNC[C@H]1c1cc(F)c(Cl)cc1NC=O.CC(C)(C)C.CCNC=O. The van der Waals surface area contributed by atoms with Gasteiger partial charge < -0.3 is 16.0 Å². The summed E-state index contributed by atoms with van der Waals surface area (Å²) in [5, 5.41) is 8.94. The molecular weight excluding hydrogens is 476 g/mol. The number of benzene rings is 1. The maximum atomic E-state index is 13.9. The molecule has 1 aromatic carbocycles. The van der Waals surface area contributed by atoms with Gasteiger partial charge in [-0.05, 0) is 55.0 Å². The van der Waals surface area contributed by atoms with E-state index < -0.39 is 5.82 Å². The molecule has 1 aliphatic heterocycles. The van der Waals surface area contributed by atoms with Crippen molar-refractivity contribution in [2.45, 2.75) is 47.0 Å². The summed E-state index contributed by atoms with van der Waals surface area (Å²) in [4.78, 5) is 20.1. The summed E-state index contributed by atoms with van der Waals surface area (Å²) in [6.07, 6.45) is 9.31. The predicted octanol–water partition coefficient (Wildman–Crippen LogP) is 6.41. The average Bonchev–Trinajstić information content (AvgIpc) is 3.22. The number of allylic oxidation sites excluding steroid dienone is 5. The summed E-state index contributed by atoms with van der Waals surface area (Å²) in [6.45, 7) is 16.5. The van der Waals surface area contributed by atoms with Gasteiger partial charge in [-0.1, -0.05) is 75.7 Å². The minimum absolute atomic E-state index is 0.00490. The molecule has 1 heterocycles. The van der Waals surface area contributed by atoms with Crippen molar-refractivity contribution < 1.29 is 14.0 Å². The van der Waals surface area contributed by atoms with Gasteiger partial charge >= 0.3 is 0 Å². The molecule has 0 radical (unpaired) electrons. The van der Waals surface area contributed by atoms with Crippen LogP contribution in [0.1, 0.15) is 52.5 Å². The van der Waals surface area contributed by atoms with E-state index in [2.05, 4.69) is 50.2 Å². The molecular formula is C26H38Cl2FN3O2. The minimum atomic E-state index is -0.481. The van der Waals surface area contributed by atoms with Crippen LogP contribution >= 0.6 is 23.2 Å². The molecule has 0 unspecified atom stereocenters. The number of nitrogens with one attached hydrogen (secondary N) is 3.